The van der Waals surface area contributed by atoms with Gasteiger partial charge in [0.15, 0.2) is 0 Å². The molecule has 0 aliphatic rings. The van der Waals surface area contributed by atoms with E-state index in [-0.39, 0.29) is 5.75 Å². The smallest absolute Gasteiger partial charge is 0.342 e. The summed E-state index contributed by atoms with van der Waals surface area (Å²) < 4.78 is 5.41. The van der Waals surface area contributed by atoms with Gasteiger partial charge in [0.1, 0.15) is 17.1 Å². The lowest BCUT2D eigenvalue weighted by molar-refractivity contribution is -0.385. The molecule has 0 saturated heterocycles. The van der Waals surface area contributed by atoms with Crippen LogP contribution in [0.1, 0.15) is 10.4 Å². The fraction of sp³-hybridized carbons (Fsp3) is 0. The number of ether oxygens (including phenoxy) is 1. The lowest BCUT2D eigenvalue weighted by atomic mass is 10.1. The van der Waals surface area contributed by atoms with E-state index in [4.69, 9.17) is 21.4 Å². The van der Waals surface area contributed by atoms with E-state index in [1.165, 1.54) is 6.07 Å². The Kier molecular flexibility index (Phi) is 3.86. The number of hydrogen-bond donors (Lipinski definition) is 1. The van der Waals surface area contributed by atoms with E-state index in [0.29, 0.717) is 10.8 Å². The first kappa shape index (κ1) is 13.8. The minimum atomic E-state index is -1.40. The van der Waals surface area contributed by atoms with E-state index < -0.39 is 22.1 Å². The van der Waals surface area contributed by atoms with E-state index in [1.807, 2.05) is 0 Å². The van der Waals surface area contributed by atoms with Gasteiger partial charge in [-0.05, 0) is 24.3 Å². The van der Waals surface area contributed by atoms with Gasteiger partial charge < -0.3 is 9.84 Å². The fourth-order valence-corrected chi connectivity index (χ4v) is 1.76. The second-order valence-electron chi connectivity index (χ2n) is 3.80. The number of rotatable bonds is 4. The van der Waals surface area contributed by atoms with Gasteiger partial charge >= 0.3 is 5.97 Å². The summed E-state index contributed by atoms with van der Waals surface area (Å²) in [5, 5.41) is 20.2. The summed E-state index contributed by atoms with van der Waals surface area (Å²) in [5.41, 5.74) is -0.925. The average molecular weight is 294 g/mol. The number of nitro groups is 1. The van der Waals surface area contributed by atoms with Crippen LogP contribution in [0.4, 0.5) is 5.69 Å². The number of hydrogen-bond acceptors (Lipinski definition) is 4. The molecule has 2 aromatic carbocycles. The summed E-state index contributed by atoms with van der Waals surface area (Å²) in [6.45, 7) is 0. The lowest BCUT2D eigenvalue weighted by Crippen LogP contribution is -2.02. The summed E-state index contributed by atoms with van der Waals surface area (Å²) in [6.07, 6.45) is 0. The second kappa shape index (κ2) is 5.58. The monoisotopic (exact) mass is 293 g/mol. The van der Waals surface area contributed by atoms with E-state index in [2.05, 4.69) is 0 Å². The van der Waals surface area contributed by atoms with Crippen molar-refractivity contribution in [1.82, 2.24) is 0 Å². The Morgan fingerprint density at radius 2 is 1.90 bits per heavy atom. The molecule has 0 aromatic heterocycles. The third-order valence-electron chi connectivity index (χ3n) is 2.43. The maximum absolute atomic E-state index is 11.0. The molecule has 0 bridgehead atoms. The zero-order valence-electron chi connectivity index (χ0n) is 9.95. The molecule has 0 atom stereocenters. The number of carbonyl (C=O) groups is 1. The Labute approximate surface area is 118 Å². The normalized spacial score (nSPS) is 10.1. The predicted octanol–water partition coefficient (Wildman–Crippen LogP) is 3.74. The molecule has 0 fully saturated rings. The molecule has 102 valence electrons. The number of carboxylic acid groups (broad SMARTS) is 1. The van der Waals surface area contributed by atoms with Crippen molar-refractivity contribution in [2.45, 2.75) is 0 Å². The molecule has 0 aliphatic carbocycles. The molecule has 20 heavy (non-hydrogen) atoms. The maximum atomic E-state index is 11.0. The zero-order valence-corrected chi connectivity index (χ0v) is 10.7. The fourth-order valence-electron chi connectivity index (χ4n) is 1.58. The lowest BCUT2D eigenvalue weighted by Gasteiger charge is -2.07. The summed E-state index contributed by atoms with van der Waals surface area (Å²) in [7, 11) is 0. The highest BCUT2D eigenvalue weighted by atomic mass is 35.5. The number of nitro benzene ring substituents is 1. The van der Waals surface area contributed by atoms with Crippen LogP contribution in [0, 0.1) is 10.1 Å². The molecule has 0 radical (unpaired) electrons. The molecule has 0 amide bonds. The minimum Gasteiger partial charge on any atom is -0.477 e. The van der Waals surface area contributed by atoms with Gasteiger partial charge in [-0.3, -0.25) is 10.1 Å². The standard InChI is InChI=1S/C13H8ClNO5/c14-8-2-1-3-9(6-8)20-10-4-5-12(15(18)19)11(7-10)13(16)17/h1-7H,(H,16,17). The molecular formula is C13H8ClNO5. The SMILES string of the molecule is O=C(O)c1cc(Oc2cccc(Cl)c2)ccc1[N+](=O)[O-]. The van der Waals surface area contributed by atoms with Gasteiger partial charge in [-0.25, -0.2) is 4.79 Å². The van der Waals surface area contributed by atoms with Crippen LogP contribution in [0.2, 0.25) is 5.02 Å². The summed E-state index contributed by atoms with van der Waals surface area (Å²) >= 11 is 5.80. The first-order valence-corrected chi connectivity index (χ1v) is 5.80. The Balaban J connectivity index is 2.36. The summed E-state index contributed by atoms with van der Waals surface area (Å²) in [6, 6.07) is 10.0. The molecule has 7 heteroatoms. The minimum absolute atomic E-state index is 0.176. The van der Waals surface area contributed by atoms with Crippen LogP contribution >= 0.6 is 11.6 Å². The number of nitrogens with zero attached hydrogens (tertiary/aromatic N) is 1. The van der Waals surface area contributed by atoms with Crippen LogP contribution in [-0.2, 0) is 0 Å². The Hall–Kier alpha value is -2.60. The zero-order chi connectivity index (χ0) is 14.7. The van der Waals surface area contributed by atoms with Gasteiger partial charge in [0.05, 0.1) is 4.92 Å². The first-order chi connectivity index (χ1) is 9.47. The molecule has 0 heterocycles. The van der Waals surface area contributed by atoms with Crippen molar-refractivity contribution in [3.05, 3.63) is 63.2 Å². The highest BCUT2D eigenvalue weighted by Crippen LogP contribution is 2.28. The largest absolute Gasteiger partial charge is 0.477 e. The predicted molar refractivity (Wildman–Crippen MR) is 71.6 cm³/mol. The van der Waals surface area contributed by atoms with Crippen molar-refractivity contribution in [3.63, 3.8) is 0 Å². The van der Waals surface area contributed by atoms with Crippen LogP contribution in [0.3, 0.4) is 0 Å². The van der Waals surface area contributed by atoms with Crippen LogP contribution in [-0.4, -0.2) is 16.0 Å². The number of carboxylic acids is 1. The van der Waals surface area contributed by atoms with E-state index in [1.54, 1.807) is 24.3 Å². The quantitative estimate of drug-likeness (QED) is 0.685. The molecule has 1 N–H and O–H groups in total. The molecule has 0 unspecified atom stereocenters. The van der Waals surface area contributed by atoms with Gasteiger partial charge in [-0.15, -0.1) is 0 Å². The maximum Gasteiger partial charge on any atom is 0.342 e. The highest BCUT2D eigenvalue weighted by molar-refractivity contribution is 6.30. The topological polar surface area (TPSA) is 89.7 Å². The third-order valence-corrected chi connectivity index (χ3v) is 2.66. The Morgan fingerprint density at radius 3 is 2.50 bits per heavy atom. The number of aromatic carboxylic acids is 1. The van der Waals surface area contributed by atoms with Crippen molar-refractivity contribution in [2.24, 2.45) is 0 Å². The van der Waals surface area contributed by atoms with Gasteiger partial charge in [-0.1, -0.05) is 17.7 Å². The van der Waals surface area contributed by atoms with Crippen LogP contribution in [0.25, 0.3) is 0 Å². The molecule has 0 spiro atoms. The molecule has 2 aromatic rings. The van der Waals surface area contributed by atoms with Crippen molar-refractivity contribution < 1.29 is 19.6 Å². The molecule has 2 rings (SSSR count). The summed E-state index contributed by atoms with van der Waals surface area (Å²) in [4.78, 5) is 21.0. The van der Waals surface area contributed by atoms with Crippen molar-refractivity contribution in [3.8, 4) is 11.5 Å². The Morgan fingerprint density at radius 1 is 1.20 bits per heavy atom. The van der Waals surface area contributed by atoms with Gasteiger partial charge in [0.2, 0.25) is 0 Å². The molecule has 0 aliphatic heterocycles. The third kappa shape index (κ3) is 3.04. The highest BCUT2D eigenvalue weighted by Gasteiger charge is 2.20. The van der Waals surface area contributed by atoms with E-state index in [0.717, 1.165) is 12.1 Å². The van der Waals surface area contributed by atoms with Crippen LogP contribution in [0.5, 0.6) is 11.5 Å². The van der Waals surface area contributed by atoms with Crippen molar-refractivity contribution in [2.75, 3.05) is 0 Å². The van der Waals surface area contributed by atoms with Crippen molar-refractivity contribution >= 4 is 23.3 Å². The average Bonchev–Trinajstić information content (AvgIpc) is 2.38. The number of benzene rings is 2. The van der Waals surface area contributed by atoms with Crippen molar-refractivity contribution in [1.29, 1.82) is 0 Å². The van der Waals surface area contributed by atoms with E-state index >= 15 is 0 Å². The van der Waals surface area contributed by atoms with Gasteiger partial charge in [0, 0.05) is 17.2 Å². The molecular weight excluding hydrogens is 286 g/mol. The first-order valence-electron chi connectivity index (χ1n) is 5.42. The Bertz CT molecular complexity index is 686. The molecule has 0 saturated carbocycles. The molecule has 6 nitrogen and oxygen atoms in total. The van der Waals surface area contributed by atoms with Gasteiger partial charge in [-0.2, -0.15) is 0 Å². The van der Waals surface area contributed by atoms with Crippen LogP contribution < -0.4 is 4.74 Å². The summed E-state index contributed by atoms with van der Waals surface area (Å²) in [5.74, 6) is -0.814. The van der Waals surface area contributed by atoms with Gasteiger partial charge in [0.25, 0.3) is 5.69 Å². The van der Waals surface area contributed by atoms with E-state index in [9.17, 15) is 14.9 Å². The second-order valence-corrected chi connectivity index (χ2v) is 4.24. The van der Waals surface area contributed by atoms with Crippen LogP contribution in [0.15, 0.2) is 42.5 Å². The number of halogens is 1.